The van der Waals surface area contributed by atoms with Crippen LogP contribution in [0.2, 0.25) is 0 Å². The van der Waals surface area contributed by atoms with Gasteiger partial charge in [0, 0.05) is 31.1 Å². The highest BCUT2D eigenvalue weighted by Crippen LogP contribution is 2.42. The fourth-order valence-corrected chi connectivity index (χ4v) is 5.89. The molecular formula is C24H29N11O. The lowest BCUT2D eigenvalue weighted by molar-refractivity contribution is 0.0974. The topological polar surface area (TPSA) is 140 Å². The van der Waals surface area contributed by atoms with Crippen molar-refractivity contribution < 1.29 is 4.74 Å². The summed E-state index contributed by atoms with van der Waals surface area (Å²) in [7, 11) is 0. The number of hydrogen-bond donors (Lipinski definition) is 2. The van der Waals surface area contributed by atoms with Crippen molar-refractivity contribution in [1.29, 1.82) is 0 Å². The summed E-state index contributed by atoms with van der Waals surface area (Å²) in [6.07, 6.45) is 9.03. The van der Waals surface area contributed by atoms with Gasteiger partial charge in [0.2, 0.25) is 0 Å². The van der Waals surface area contributed by atoms with E-state index in [-0.39, 0.29) is 17.6 Å². The number of rotatable bonds is 3. The molecule has 7 heterocycles. The fraction of sp³-hybridized carbons (Fsp3) is 0.500. The number of nitrogens with one attached hydrogen (secondary N) is 1. The Labute approximate surface area is 207 Å². The van der Waals surface area contributed by atoms with Crippen molar-refractivity contribution in [3.63, 3.8) is 0 Å². The van der Waals surface area contributed by atoms with Crippen LogP contribution in [0.1, 0.15) is 31.9 Å². The molecule has 0 aromatic carbocycles. The van der Waals surface area contributed by atoms with Crippen molar-refractivity contribution in [2.45, 2.75) is 44.8 Å². The van der Waals surface area contributed by atoms with Gasteiger partial charge < -0.3 is 20.3 Å². The van der Waals surface area contributed by atoms with Crippen LogP contribution in [0, 0.1) is 5.41 Å². The van der Waals surface area contributed by atoms with Gasteiger partial charge in [-0.3, -0.25) is 5.10 Å². The average Bonchev–Trinajstić information content (AvgIpc) is 3.66. The quantitative estimate of drug-likeness (QED) is 0.439. The number of nitrogens with two attached hydrogens (primary N) is 1. The summed E-state index contributed by atoms with van der Waals surface area (Å²) in [5.74, 6) is 2.40. The van der Waals surface area contributed by atoms with Gasteiger partial charge in [-0.05, 0) is 44.7 Å². The Morgan fingerprint density at radius 1 is 1.14 bits per heavy atom. The van der Waals surface area contributed by atoms with Crippen molar-refractivity contribution in [3.8, 4) is 5.82 Å². The molecule has 3 aliphatic heterocycles. The number of H-pyrrole nitrogens is 1. The van der Waals surface area contributed by atoms with Gasteiger partial charge >= 0.3 is 0 Å². The molecule has 1 spiro atoms. The van der Waals surface area contributed by atoms with Crippen molar-refractivity contribution in [2.75, 3.05) is 36.0 Å². The third-order valence-corrected chi connectivity index (χ3v) is 8.10. The van der Waals surface area contributed by atoms with Gasteiger partial charge in [-0.2, -0.15) is 10.2 Å². The summed E-state index contributed by atoms with van der Waals surface area (Å²) in [6, 6.07) is 4.12. The maximum Gasteiger partial charge on any atom is 0.183 e. The SMILES string of the molecule is C[C@@H]1OCC2(CCN(c3cnc4c(N5CCCc6nc(-n7cncn7)ccc65)n[nH]c4n3)CC2)[C@@H]1N. The van der Waals surface area contributed by atoms with E-state index >= 15 is 0 Å². The van der Waals surface area contributed by atoms with E-state index in [4.69, 9.17) is 25.4 Å². The summed E-state index contributed by atoms with van der Waals surface area (Å²) >= 11 is 0. The number of aromatic amines is 1. The van der Waals surface area contributed by atoms with Crippen LogP contribution in [0.3, 0.4) is 0 Å². The minimum atomic E-state index is 0.0814. The Morgan fingerprint density at radius 2 is 2.03 bits per heavy atom. The van der Waals surface area contributed by atoms with Gasteiger partial charge in [0.05, 0.1) is 30.3 Å². The normalized spacial score (nSPS) is 23.5. The highest BCUT2D eigenvalue weighted by atomic mass is 16.5. The molecule has 0 bridgehead atoms. The second-order valence-corrected chi connectivity index (χ2v) is 10.1. The molecule has 2 atom stereocenters. The molecule has 4 aromatic heterocycles. The molecule has 7 rings (SSSR count). The molecule has 0 radical (unpaired) electrons. The molecule has 186 valence electrons. The number of aryl methyl sites for hydroxylation is 1. The number of hydrogen-bond acceptors (Lipinski definition) is 10. The van der Waals surface area contributed by atoms with E-state index in [2.05, 4.69) is 43.1 Å². The summed E-state index contributed by atoms with van der Waals surface area (Å²) < 4.78 is 7.54. The summed E-state index contributed by atoms with van der Waals surface area (Å²) in [4.78, 5) is 23.0. The Morgan fingerprint density at radius 3 is 2.81 bits per heavy atom. The maximum absolute atomic E-state index is 6.49. The highest BCUT2D eigenvalue weighted by Gasteiger charge is 2.47. The lowest BCUT2D eigenvalue weighted by Gasteiger charge is -2.41. The van der Waals surface area contributed by atoms with Crippen LogP contribution in [0.15, 0.2) is 31.0 Å². The lowest BCUT2D eigenvalue weighted by atomic mass is 9.73. The van der Waals surface area contributed by atoms with E-state index in [0.717, 1.165) is 86.3 Å². The largest absolute Gasteiger partial charge is 0.376 e. The summed E-state index contributed by atoms with van der Waals surface area (Å²) in [5.41, 5.74) is 10.1. The second kappa shape index (κ2) is 8.20. The summed E-state index contributed by atoms with van der Waals surface area (Å²) in [5, 5.41) is 11.9. The van der Waals surface area contributed by atoms with Crippen molar-refractivity contribution in [1.82, 2.24) is 39.9 Å². The number of anilines is 3. The maximum atomic E-state index is 6.49. The monoisotopic (exact) mass is 487 g/mol. The van der Waals surface area contributed by atoms with Gasteiger partial charge in [0.1, 0.15) is 18.5 Å². The van der Waals surface area contributed by atoms with Crippen molar-refractivity contribution in [3.05, 3.63) is 36.7 Å². The van der Waals surface area contributed by atoms with Crippen molar-refractivity contribution in [2.24, 2.45) is 11.1 Å². The smallest absolute Gasteiger partial charge is 0.183 e. The van der Waals surface area contributed by atoms with Gasteiger partial charge in [-0.1, -0.05) is 0 Å². The van der Waals surface area contributed by atoms with Gasteiger partial charge in [-0.15, -0.1) is 0 Å². The number of aromatic nitrogens is 8. The molecule has 36 heavy (non-hydrogen) atoms. The zero-order valence-corrected chi connectivity index (χ0v) is 20.2. The molecule has 4 aromatic rings. The number of fused-ring (bicyclic) bond motifs is 2. The van der Waals surface area contributed by atoms with E-state index in [1.54, 1.807) is 11.0 Å². The molecular weight excluding hydrogens is 458 g/mol. The molecule has 0 aliphatic carbocycles. The lowest BCUT2D eigenvalue weighted by Crippen LogP contribution is -2.50. The minimum absolute atomic E-state index is 0.0814. The minimum Gasteiger partial charge on any atom is -0.376 e. The first-order chi connectivity index (χ1) is 17.6. The Bertz CT molecular complexity index is 1390. The molecule has 3 N–H and O–H groups in total. The molecule has 0 amide bonds. The Balaban J connectivity index is 1.14. The molecule has 2 fully saturated rings. The van der Waals surface area contributed by atoms with E-state index in [1.807, 2.05) is 12.3 Å². The van der Waals surface area contributed by atoms with Crippen LogP contribution >= 0.6 is 0 Å². The first-order valence-electron chi connectivity index (χ1n) is 12.6. The molecule has 12 nitrogen and oxygen atoms in total. The molecule has 2 saturated heterocycles. The molecule has 0 saturated carbocycles. The first-order valence-corrected chi connectivity index (χ1v) is 12.6. The van der Waals surface area contributed by atoms with Crippen LogP contribution in [-0.4, -0.2) is 78.3 Å². The Hall–Kier alpha value is -3.64. The second-order valence-electron chi connectivity index (χ2n) is 10.1. The average molecular weight is 488 g/mol. The third kappa shape index (κ3) is 3.35. The van der Waals surface area contributed by atoms with Crippen LogP contribution in [0.25, 0.3) is 17.0 Å². The molecule has 12 heteroatoms. The Kier molecular flexibility index (Phi) is 4.93. The van der Waals surface area contributed by atoms with E-state index < -0.39 is 0 Å². The van der Waals surface area contributed by atoms with Crippen LogP contribution in [-0.2, 0) is 11.2 Å². The zero-order valence-electron chi connectivity index (χ0n) is 20.2. The van der Waals surface area contributed by atoms with Gasteiger partial charge in [0.15, 0.2) is 22.8 Å². The van der Waals surface area contributed by atoms with E-state index in [0.29, 0.717) is 5.65 Å². The summed E-state index contributed by atoms with van der Waals surface area (Å²) in [6.45, 7) is 5.46. The van der Waals surface area contributed by atoms with Crippen LogP contribution in [0.4, 0.5) is 17.3 Å². The number of ether oxygens (including phenoxy) is 1. The molecule has 0 unspecified atom stereocenters. The highest BCUT2D eigenvalue weighted by molar-refractivity contribution is 5.87. The first kappa shape index (κ1) is 21.6. The van der Waals surface area contributed by atoms with Crippen LogP contribution < -0.4 is 15.5 Å². The fourth-order valence-electron chi connectivity index (χ4n) is 5.89. The predicted molar refractivity (Wildman–Crippen MR) is 133 cm³/mol. The number of piperidine rings is 1. The number of pyridine rings is 1. The van der Waals surface area contributed by atoms with E-state index in [1.165, 1.54) is 6.33 Å². The predicted octanol–water partition coefficient (Wildman–Crippen LogP) is 1.75. The van der Waals surface area contributed by atoms with Crippen molar-refractivity contribution >= 4 is 28.5 Å². The zero-order chi connectivity index (χ0) is 24.3. The van der Waals surface area contributed by atoms with Crippen LogP contribution in [0.5, 0.6) is 0 Å². The standard InChI is InChI=1S/C24H29N11O/c1-15-21(25)24(12-36-15)6-9-33(10-7-24)19-11-27-20-22(30-19)31-32-23(20)34-8-2-3-16-17(34)4-5-18(29-16)35-14-26-13-28-35/h4-5,11,13-15,21H,2-3,6-10,12,25H2,1H3,(H,30,31,32)/t15-,21+/m0/s1. The van der Waals surface area contributed by atoms with Gasteiger partial charge in [0.25, 0.3) is 0 Å². The van der Waals surface area contributed by atoms with E-state index in [9.17, 15) is 0 Å². The number of nitrogens with zero attached hydrogens (tertiary/aromatic N) is 9. The van der Waals surface area contributed by atoms with Gasteiger partial charge in [-0.25, -0.2) is 24.6 Å². The third-order valence-electron chi connectivity index (χ3n) is 8.10. The molecule has 3 aliphatic rings.